The fourth-order valence-corrected chi connectivity index (χ4v) is 3.68. The van der Waals surface area contributed by atoms with E-state index in [1.165, 1.54) is 41.8 Å². The SMILES string of the molecule is C(=CN(c1ccccc1)c1ccccc1)C1CCCc2ccccc21. The van der Waals surface area contributed by atoms with E-state index in [1.54, 1.807) is 0 Å². The minimum atomic E-state index is 0.500. The molecule has 1 heteroatoms. The predicted octanol–water partition coefficient (Wildman–Crippen LogP) is 6.46. The van der Waals surface area contributed by atoms with Crippen LogP contribution in [0.3, 0.4) is 0 Å². The zero-order valence-electron chi connectivity index (χ0n) is 14.4. The van der Waals surface area contributed by atoms with Crippen LogP contribution in [0.1, 0.15) is 29.9 Å². The molecule has 4 rings (SSSR count). The number of aryl methyl sites for hydroxylation is 1. The van der Waals surface area contributed by atoms with E-state index >= 15 is 0 Å². The van der Waals surface area contributed by atoms with Gasteiger partial charge in [-0.15, -0.1) is 0 Å². The molecule has 1 aliphatic rings. The number of allylic oxidation sites excluding steroid dienone is 1. The monoisotopic (exact) mass is 325 g/mol. The summed E-state index contributed by atoms with van der Waals surface area (Å²) in [5, 5.41) is 0. The Morgan fingerprint density at radius 3 is 2.00 bits per heavy atom. The molecule has 0 heterocycles. The summed E-state index contributed by atoms with van der Waals surface area (Å²) in [5.41, 5.74) is 5.38. The molecule has 0 fully saturated rings. The van der Waals surface area contributed by atoms with Gasteiger partial charge < -0.3 is 4.90 Å². The molecule has 25 heavy (non-hydrogen) atoms. The lowest BCUT2D eigenvalue weighted by Crippen LogP contribution is -2.11. The van der Waals surface area contributed by atoms with Gasteiger partial charge in [0.05, 0.1) is 0 Å². The number of anilines is 2. The lowest BCUT2D eigenvalue weighted by molar-refractivity contribution is 0.628. The average molecular weight is 325 g/mol. The Balaban J connectivity index is 1.67. The van der Waals surface area contributed by atoms with E-state index in [9.17, 15) is 0 Å². The van der Waals surface area contributed by atoms with Crippen LogP contribution in [0.15, 0.2) is 97.2 Å². The molecule has 0 saturated heterocycles. The third-order valence-corrected chi connectivity index (χ3v) is 4.95. The highest BCUT2D eigenvalue weighted by molar-refractivity contribution is 5.65. The molecule has 0 N–H and O–H groups in total. The van der Waals surface area contributed by atoms with Crippen LogP contribution in [-0.4, -0.2) is 0 Å². The van der Waals surface area contributed by atoms with Gasteiger partial charge in [0, 0.05) is 23.5 Å². The van der Waals surface area contributed by atoms with Crippen molar-refractivity contribution in [2.75, 3.05) is 4.90 Å². The molecule has 0 amide bonds. The van der Waals surface area contributed by atoms with Crippen molar-refractivity contribution in [1.82, 2.24) is 0 Å². The first kappa shape index (κ1) is 15.7. The number of para-hydroxylation sites is 2. The fourth-order valence-electron chi connectivity index (χ4n) is 3.68. The Morgan fingerprint density at radius 2 is 1.32 bits per heavy atom. The van der Waals surface area contributed by atoms with Crippen molar-refractivity contribution in [3.63, 3.8) is 0 Å². The summed E-state index contributed by atoms with van der Waals surface area (Å²) in [6, 6.07) is 30.0. The smallest absolute Gasteiger partial charge is 0.0455 e. The molecule has 3 aromatic rings. The molecule has 1 aliphatic carbocycles. The molecule has 1 unspecified atom stereocenters. The van der Waals surface area contributed by atoms with Crippen molar-refractivity contribution >= 4 is 11.4 Å². The van der Waals surface area contributed by atoms with Crippen LogP contribution in [0.2, 0.25) is 0 Å². The Labute approximate surface area is 150 Å². The van der Waals surface area contributed by atoms with Gasteiger partial charge in [0.2, 0.25) is 0 Å². The molecule has 0 aromatic heterocycles. The number of rotatable bonds is 4. The topological polar surface area (TPSA) is 3.24 Å². The maximum atomic E-state index is 2.37. The largest absolute Gasteiger partial charge is 0.317 e. The maximum Gasteiger partial charge on any atom is 0.0455 e. The highest BCUT2D eigenvalue weighted by Crippen LogP contribution is 2.33. The molecule has 1 nitrogen and oxygen atoms in total. The summed E-state index contributed by atoms with van der Waals surface area (Å²) in [4.78, 5) is 2.28. The van der Waals surface area contributed by atoms with Crippen molar-refractivity contribution in [3.8, 4) is 0 Å². The van der Waals surface area contributed by atoms with Crippen LogP contribution in [0.4, 0.5) is 11.4 Å². The van der Waals surface area contributed by atoms with Crippen molar-refractivity contribution in [1.29, 1.82) is 0 Å². The Bertz CT molecular complexity index is 797. The van der Waals surface area contributed by atoms with Crippen molar-refractivity contribution in [2.24, 2.45) is 0 Å². The predicted molar refractivity (Wildman–Crippen MR) is 106 cm³/mol. The molecule has 124 valence electrons. The quantitative estimate of drug-likeness (QED) is 0.532. The van der Waals surface area contributed by atoms with Crippen LogP contribution in [-0.2, 0) is 6.42 Å². The standard InChI is InChI=1S/C24H23N/c1-3-13-22(14-4-1)25(23-15-5-2-6-16-23)19-18-21-12-9-11-20-10-7-8-17-24(20)21/h1-8,10,13-19,21H,9,11-12H2. The van der Waals surface area contributed by atoms with E-state index in [4.69, 9.17) is 0 Å². The van der Waals surface area contributed by atoms with Crippen LogP contribution in [0.25, 0.3) is 0 Å². The molecule has 0 saturated carbocycles. The van der Waals surface area contributed by atoms with Crippen LogP contribution in [0.5, 0.6) is 0 Å². The van der Waals surface area contributed by atoms with Gasteiger partial charge >= 0.3 is 0 Å². The summed E-state index contributed by atoms with van der Waals surface area (Å²) >= 11 is 0. The average Bonchev–Trinajstić information content (AvgIpc) is 2.70. The van der Waals surface area contributed by atoms with Crippen LogP contribution in [0, 0.1) is 0 Å². The Morgan fingerprint density at radius 1 is 0.720 bits per heavy atom. The van der Waals surface area contributed by atoms with E-state index in [0.717, 1.165) is 0 Å². The Hall–Kier alpha value is -2.80. The molecule has 3 aromatic carbocycles. The van der Waals surface area contributed by atoms with Crippen LogP contribution < -0.4 is 4.90 Å². The summed E-state index contributed by atoms with van der Waals surface area (Å²) < 4.78 is 0. The zero-order chi connectivity index (χ0) is 16.9. The first-order chi connectivity index (χ1) is 12.4. The lowest BCUT2D eigenvalue weighted by atomic mass is 9.83. The van der Waals surface area contributed by atoms with Gasteiger partial charge in [-0.2, -0.15) is 0 Å². The third kappa shape index (κ3) is 3.51. The molecule has 0 aliphatic heterocycles. The molecular weight excluding hydrogens is 302 g/mol. The van der Waals surface area contributed by atoms with Gasteiger partial charge in [0.1, 0.15) is 0 Å². The number of nitrogens with zero attached hydrogens (tertiary/aromatic N) is 1. The van der Waals surface area contributed by atoms with E-state index in [2.05, 4.69) is 102 Å². The van der Waals surface area contributed by atoms with Crippen molar-refractivity contribution in [3.05, 3.63) is 108 Å². The number of hydrogen-bond donors (Lipinski definition) is 0. The molecule has 0 spiro atoms. The minimum absolute atomic E-state index is 0.500. The second-order valence-electron chi connectivity index (χ2n) is 6.58. The van der Waals surface area contributed by atoms with Crippen molar-refractivity contribution in [2.45, 2.75) is 25.2 Å². The van der Waals surface area contributed by atoms with Gasteiger partial charge in [-0.25, -0.2) is 0 Å². The normalized spacial score (nSPS) is 16.6. The van der Waals surface area contributed by atoms with E-state index in [1.807, 2.05) is 0 Å². The van der Waals surface area contributed by atoms with E-state index in [-0.39, 0.29) is 0 Å². The molecule has 0 radical (unpaired) electrons. The first-order valence-corrected chi connectivity index (χ1v) is 9.07. The molecular formula is C24H23N. The van der Waals surface area contributed by atoms with Gasteiger partial charge in [0.15, 0.2) is 0 Å². The van der Waals surface area contributed by atoms with Gasteiger partial charge in [0.25, 0.3) is 0 Å². The van der Waals surface area contributed by atoms with Crippen LogP contribution >= 0.6 is 0 Å². The number of fused-ring (bicyclic) bond motifs is 1. The fraction of sp³-hybridized carbons (Fsp3) is 0.167. The molecule has 0 bridgehead atoms. The maximum absolute atomic E-state index is 2.37. The van der Waals surface area contributed by atoms with Gasteiger partial charge in [-0.1, -0.05) is 66.7 Å². The second-order valence-corrected chi connectivity index (χ2v) is 6.58. The van der Waals surface area contributed by atoms with Gasteiger partial charge in [-0.3, -0.25) is 0 Å². The van der Waals surface area contributed by atoms with E-state index in [0.29, 0.717) is 5.92 Å². The first-order valence-electron chi connectivity index (χ1n) is 9.07. The summed E-state index contributed by atoms with van der Waals surface area (Å²) in [5.74, 6) is 0.500. The number of hydrogen-bond acceptors (Lipinski definition) is 1. The summed E-state index contributed by atoms with van der Waals surface area (Å²) in [6.07, 6.45) is 8.32. The van der Waals surface area contributed by atoms with E-state index < -0.39 is 0 Å². The molecule has 1 atom stereocenters. The summed E-state index contributed by atoms with van der Waals surface area (Å²) in [6.45, 7) is 0. The van der Waals surface area contributed by atoms with Crippen molar-refractivity contribution < 1.29 is 0 Å². The minimum Gasteiger partial charge on any atom is -0.317 e. The highest BCUT2D eigenvalue weighted by Gasteiger charge is 2.17. The summed E-state index contributed by atoms with van der Waals surface area (Å²) in [7, 11) is 0. The number of benzene rings is 3. The highest BCUT2D eigenvalue weighted by atomic mass is 15.1. The zero-order valence-corrected chi connectivity index (χ0v) is 14.4. The Kier molecular flexibility index (Phi) is 4.65. The third-order valence-electron chi connectivity index (χ3n) is 4.95. The lowest BCUT2D eigenvalue weighted by Gasteiger charge is -2.25. The second kappa shape index (κ2) is 7.40. The van der Waals surface area contributed by atoms with Gasteiger partial charge in [-0.05, 0) is 54.7 Å².